The summed E-state index contributed by atoms with van der Waals surface area (Å²) in [4.78, 5) is 26.3. The van der Waals surface area contributed by atoms with E-state index in [1.165, 1.54) is 154 Å². The second-order valence-electron chi connectivity index (χ2n) is 19.7. The Morgan fingerprint density at radius 2 is 0.794 bits per heavy atom. The number of allylic oxidation sites excluding steroid dienone is 12. The van der Waals surface area contributed by atoms with E-state index in [1.54, 1.807) is 0 Å². The van der Waals surface area contributed by atoms with Crippen LogP contribution in [0, 0.1) is 0 Å². The molecule has 1 amide bonds. The number of unbranched alkanes of at least 4 members (excludes halogenated alkanes) is 28. The highest BCUT2D eigenvalue weighted by molar-refractivity contribution is 5.77. The molecule has 394 valence electrons. The number of amides is 1. The number of rotatable bonds is 52. The van der Waals surface area contributed by atoms with Crippen LogP contribution >= 0.6 is 0 Å². The van der Waals surface area contributed by atoms with Crippen LogP contribution in [0.2, 0.25) is 0 Å². The molecule has 0 saturated heterocycles. The van der Waals surface area contributed by atoms with Gasteiger partial charge in [0.25, 0.3) is 0 Å². The Bertz CT molecular complexity index is 1250. The van der Waals surface area contributed by atoms with E-state index in [-0.39, 0.29) is 24.9 Å². The fourth-order valence-electron chi connectivity index (χ4n) is 8.64. The molecule has 0 bridgehead atoms. The first-order valence-corrected chi connectivity index (χ1v) is 29.2. The molecule has 0 aromatic rings. The third kappa shape index (κ3) is 49.7. The van der Waals surface area contributed by atoms with Crippen LogP contribution in [0.4, 0.5) is 0 Å². The molecule has 0 fully saturated rings. The number of aliphatic hydroxyl groups is 2. The summed E-state index contributed by atoms with van der Waals surface area (Å²) < 4.78 is 5.94. The number of ether oxygens (including phenoxy) is 1. The number of carbonyl (C=O) groups excluding carboxylic acids is 2. The lowest BCUT2D eigenvalue weighted by atomic mass is 10.0. The second kappa shape index (κ2) is 55.2. The van der Waals surface area contributed by atoms with Gasteiger partial charge in [0.15, 0.2) is 0 Å². The molecule has 0 radical (unpaired) electrons. The van der Waals surface area contributed by atoms with Crippen molar-refractivity contribution in [3.05, 3.63) is 72.9 Å². The van der Waals surface area contributed by atoms with Crippen molar-refractivity contribution in [3.63, 3.8) is 0 Å². The molecule has 0 saturated carbocycles. The van der Waals surface area contributed by atoms with Gasteiger partial charge in [-0.05, 0) is 89.9 Å². The Morgan fingerprint density at radius 3 is 1.22 bits per heavy atom. The summed E-state index contributed by atoms with van der Waals surface area (Å²) in [6, 6.07) is -0.718. The lowest BCUT2D eigenvalue weighted by Gasteiger charge is -2.24. The van der Waals surface area contributed by atoms with Crippen molar-refractivity contribution in [1.29, 1.82) is 0 Å². The second-order valence-corrected chi connectivity index (χ2v) is 19.7. The average molecular weight is 951 g/mol. The highest BCUT2D eigenvalue weighted by Gasteiger charge is 2.24. The van der Waals surface area contributed by atoms with Crippen LogP contribution in [0.15, 0.2) is 72.9 Å². The molecular formula is C62H111NO5. The van der Waals surface area contributed by atoms with Gasteiger partial charge in [0.2, 0.25) is 5.91 Å². The third-order valence-electron chi connectivity index (χ3n) is 13.0. The van der Waals surface area contributed by atoms with E-state index < -0.39 is 18.2 Å². The number of aliphatic hydroxyl groups excluding tert-OH is 2. The lowest BCUT2D eigenvalue weighted by Crippen LogP contribution is -2.46. The fraction of sp³-hybridized carbons (Fsp3) is 0.774. The van der Waals surface area contributed by atoms with E-state index in [2.05, 4.69) is 99.0 Å². The first-order chi connectivity index (χ1) is 33.5. The molecule has 68 heavy (non-hydrogen) atoms. The van der Waals surface area contributed by atoms with Gasteiger partial charge in [0.1, 0.15) is 6.10 Å². The van der Waals surface area contributed by atoms with Gasteiger partial charge < -0.3 is 20.3 Å². The largest absolute Gasteiger partial charge is 0.462 e. The van der Waals surface area contributed by atoms with Gasteiger partial charge in [0.05, 0.1) is 25.2 Å². The van der Waals surface area contributed by atoms with Gasteiger partial charge in [-0.3, -0.25) is 9.59 Å². The SMILES string of the molecule is CC/C=C\C/C=C\C/C=C\C/C=C\C/C=C\CCCC(=O)OC(CCCCCCCCC/C=C/CCCCCCCC)CC(=O)NC(CO)C(O)CCCCCCCCCCCCCCCCC. The zero-order chi connectivity index (χ0) is 49.5. The van der Waals surface area contributed by atoms with Crippen LogP contribution in [0.1, 0.15) is 284 Å². The predicted octanol–water partition coefficient (Wildman–Crippen LogP) is 18.1. The molecule has 3 N–H and O–H groups in total. The maximum absolute atomic E-state index is 13.3. The van der Waals surface area contributed by atoms with Crippen molar-refractivity contribution in [2.24, 2.45) is 0 Å². The summed E-state index contributed by atoms with van der Waals surface area (Å²) in [5.41, 5.74) is 0. The minimum atomic E-state index is -0.802. The summed E-state index contributed by atoms with van der Waals surface area (Å²) in [5.74, 6) is -0.541. The van der Waals surface area contributed by atoms with Crippen LogP contribution in [-0.4, -0.2) is 46.9 Å². The van der Waals surface area contributed by atoms with Gasteiger partial charge in [-0.25, -0.2) is 0 Å². The Kier molecular flexibility index (Phi) is 53.0. The predicted molar refractivity (Wildman–Crippen MR) is 296 cm³/mol. The molecule has 6 heteroatoms. The maximum atomic E-state index is 13.3. The summed E-state index contributed by atoms with van der Waals surface area (Å²) in [6.45, 7) is 6.38. The molecule has 0 spiro atoms. The number of hydrogen-bond acceptors (Lipinski definition) is 5. The zero-order valence-electron chi connectivity index (χ0n) is 45.0. The van der Waals surface area contributed by atoms with E-state index >= 15 is 0 Å². The molecule has 0 aromatic carbocycles. The van der Waals surface area contributed by atoms with Crippen molar-refractivity contribution in [2.75, 3.05) is 6.61 Å². The molecule has 3 unspecified atom stereocenters. The van der Waals surface area contributed by atoms with E-state index in [0.29, 0.717) is 25.7 Å². The lowest BCUT2D eigenvalue weighted by molar-refractivity contribution is -0.151. The normalized spacial score (nSPS) is 13.7. The molecular weight excluding hydrogens is 839 g/mol. The van der Waals surface area contributed by atoms with Crippen molar-refractivity contribution >= 4 is 11.9 Å². The highest BCUT2D eigenvalue weighted by atomic mass is 16.5. The molecule has 0 rings (SSSR count). The Morgan fingerprint density at radius 1 is 0.441 bits per heavy atom. The number of carbonyl (C=O) groups is 2. The summed E-state index contributed by atoms with van der Waals surface area (Å²) in [5, 5.41) is 23.9. The molecule has 6 nitrogen and oxygen atoms in total. The molecule has 0 aliphatic carbocycles. The summed E-state index contributed by atoms with van der Waals surface area (Å²) >= 11 is 0. The number of hydrogen-bond donors (Lipinski definition) is 3. The van der Waals surface area contributed by atoms with Gasteiger partial charge >= 0.3 is 5.97 Å². The molecule has 0 heterocycles. The van der Waals surface area contributed by atoms with E-state index in [4.69, 9.17) is 4.74 Å². The Labute approximate surface area is 421 Å². The Balaban J connectivity index is 4.66. The summed E-state index contributed by atoms with van der Waals surface area (Å²) in [7, 11) is 0. The highest BCUT2D eigenvalue weighted by Crippen LogP contribution is 2.18. The minimum absolute atomic E-state index is 0.0507. The molecule has 0 aliphatic rings. The van der Waals surface area contributed by atoms with Crippen LogP contribution in [0.25, 0.3) is 0 Å². The van der Waals surface area contributed by atoms with Crippen molar-refractivity contribution in [3.8, 4) is 0 Å². The first kappa shape index (κ1) is 65.3. The first-order valence-electron chi connectivity index (χ1n) is 29.2. The van der Waals surface area contributed by atoms with Crippen molar-refractivity contribution < 1.29 is 24.5 Å². The molecule has 0 aromatic heterocycles. The smallest absolute Gasteiger partial charge is 0.306 e. The van der Waals surface area contributed by atoms with Crippen LogP contribution in [0.3, 0.4) is 0 Å². The van der Waals surface area contributed by atoms with Gasteiger partial charge in [-0.2, -0.15) is 0 Å². The minimum Gasteiger partial charge on any atom is -0.462 e. The molecule has 0 aliphatic heterocycles. The van der Waals surface area contributed by atoms with Crippen LogP contribution in [-0.2, 0) is 14.3 Å². The number of nitrogens with one attached hydrogen (secondary N) is 1. The standard InChI is InChI=1S/C62H111NO5/c1-4-7-10-13-16-19-22-25-28-30-33-35-38-41-44-47-50-53-58(68-62(67)55-52-49-46-43-40-37-34-31-29-26-23-20-17-14-11-8-5-2)56-61(66)63-59(57-64)60(65)54-51-48-45-42-39-36-32-27-24-21-18-15-12-9-6-3/h8,11,17,20,25-26,28-29,34,37,43,46,58-60,64-65H,4-7,9-10,12-16,18-19,21-24,27,30-33,35-36,38-42,44-45,47-57H2,1-3H3,(H,63,66)/b11-8-,20-17-,28-25+,29-26-,37-34-,46-43-. The van der Waals surface area contributed by atoms with Crippen molar-refractivity contribution in [2.45, 2.75) is 302 Å². The van der Waals surface area contributed by atoms with Crippen molar-refractivity contribution in [1.82, 2.24) is 5.32 Å². The average Bonchev–Trinajstić information content (AvgIpc) is 3.33. The maximum Gasteiger partial charge on any atom is 0.306 e. The van der Waals surface area contributed by atoms with Gasteiger partial charge in [-0.15, -0.1) is 0 Å². The van der Waals surface area contributed by atoms with E-state index in [0.717, 1.165) is 77.0 Å². The van der Waals surface area contributed by atoms with Crippen LogP contribution < -0.4 is 5.32 Å². The zero-order valence-corrected chi connectivity index (χ0v) is 45.0. The quantitative estimate of drug-likeness (QED) is 0.0321. The van der Waals surface area contributed by atoms with E-state index in [1.807, 2.05) is 0 Å². The van der Waals surface area contributed by atoms with E-state index in [9.17, 15) is 19.8 Å². The van der Waals surface area contributed by atoms with Crippen LogP contribution in [0.5, 0.6) is 0 Å². The molecule has 3 atom stereocenters. The summed E-state index contributed by atoms with van der Waals surface area (Å²) in [6.07, 6.45) is 71.1. The Hall–Kier alpha value is -2.70. The fourth-order valence-corrected chi connectivity index (χ4v) is 8.64. The monoisotopic (exact) mass is 950 g/mol. The van der Waals surface area contributed by atoms with Gasteiger partial charge in [0, 0.05) is 6.42 Å². The topological polar surface area (TPSA) is 95.9 Å². The van der Waals surface area contributed by atoms with Gasteiger partial charge in [-0.1, -0.05) is 254 Å². The number of esters is 1. The third-order valence-corrected chi connectivity index (χ3v) is 13.0.